The molecule has 1 aromatic heterocycles. The maximum absolute atomic E-state index is 8.84. The molecule has 0 aliphatic rings. The Morgan fingerprint density at radius 1 is 1.64 bits per heavy atom. The van der Waals surface area contributed by atoms with E-state index in [1.165, 1.54) is 11.3 Å². The van der Waals surface area contributed by atoms with Gasteiger partial charge in [0.2, 0.25) is 0 Å². The second-order valence-electron chi connectivity index (χ2n) is 2.60. The van der Waals surface area contributed by atoms with Crippen LogP contribution in [0, 0.1) is 11.3 Å². The summed E-state index contributed by atoms with van der Waals surface area (Å²) in [6.45, 7) is 0.497. The molecule has 0 saturated carbocycles. The van der Waals surface area contributed by atoms with Crippen LogP contribution >= 0.6 is 27.3 Å². The van der Waals surface area contributed by atoms with Crippen LogP contribution in [0.1, 0.15) is 17.4 Å². The Kier molecular flexibility index (Phi) is 5.12. The van der Waals surface area contributed by atoms with Crippen molar-refractivity contribution in [2.75, 3.05) is 13.2 Å². The van der Waals surface area contributed by atoms with Gasteiger partial charge >= 0.3 is 0 Å². The van der Waals surface area contributed by atoms with Crippen molar-refractivity contribution in [3.8, 4) is 6.07 Å². The van der Waals surface area contributed by atoms with Crippen molar-refractivity contribution in [1.29, 1.82) is 5.26 Å². The standard InChI is InChI=1S/C9H10BrNO2S/c10-9-3-2-8(14-9)7(6-11)13-5-1-4-12/h2-3,7,12H,1,4-5H2. The normalized spacial score (nSPS) is 12.4. The van der Waals surface area contributed by atoms with Crippen LogP contribution in [0.4, 0.5) is 0 Å². The second-order valence-corrected chi connectivity index (χ2v) is 5.09. The van der Waals surface area contributed by atoms with Gasteiger partial charge in [-0.3, -0.25) is 0 Å². The molecule has 0 bridgehead atoms. The van der Waals surface area contributed by atoms with Gasteiger partial charge in [0.1, 0.15) is 6.07 Å². The summed E-state index contributed by atoms with van der Waals surface area (Å²) in [5.41, 5.74) is 0. The molecule has 76 valence electrons. The summed E-state index contributed by atoms with van der Waals surface area (Å²) in [6, 6.07) is 5.83. The molecule has 0 aromatic carbocycles. The molecule has 0 fully saturated rings. The van der Waals surface area contributed by atoms with Crippen LogP contribution in [0.5, 0.6) is 0 Å². The van der Waals surface area contributed by atoms with Crippen molar-refractivity contribution in [3.63, 3.8) is 0 Å². The van der Waals surface area contributed by atoms with E-state index in [1.807, 2.05) is 12.1 Å². The van der Waals surface area contributed by atoms with Crippen LogP contribution in [0.3, 0.4) is 0 Å². The third-order valence-electron chi connectivity index (χ3n) is 1.56. The molecule has 0 amide bonds. The molecular weight excluding hydrogens is 266 g/mol. The van der Waals surface area contributed by atoms with Crippen LogP contribution < -0.4 is 0 Å². The van der Waals surface area contributed by atoms with Crippen LogP contribution in [0.15, 0.2) is 15.9 Å². The van der Waals surface area contributed by atoms with Crippen molar-refractivity contribution in [2.24, 2.45) is 0 Å². The summed E-state index contributed by atoms with van der Waals surface area (Å²) in [7, 11) is 0. The summed E-state index contributed by atoms with van der Waals surface area (Å²) < 4.78 is 6.28. The Hall–Kier alpha value is -0.410. The Morgan fingerprint density at radius 2 is 2.43 bits per heavy atom. The maximum atomic E-state index is 8.84. The Labute approximate surface area is 95.1 Å². The highest BCUT2D eigenvalue weighted by molar-refractivity contribution is 9.11. The lowest BCUT2D eigenvalue weighted by Gasteiger charge is -2.07. The van der Waals surface area contributed by atoms with Gasteiger partial charge in [-0.2, -0.15) is 5.26 Å². The zero-order valence-corrected chi connectivity index (χ0v) is 9.84. The molecule has 1 unspecified atom stereocenters. The van der Waals surface area contributed by atoms with Gasteiger partial charge in [0.15, 0.2) is 6.10 Å². The number of hydrogen-bond acceptors (Lipinski definition) is 4. The third-order valence-corrected chi connectivity index (χ3v) is 3.22. The minimum absolute atomic E-state index is 0.0896. The van der Waals surface area contributed by atoms with Gasteiger partial charge in [-0.05, 0) is 34.5 Å². The quantitative estimate of drug-likeness (QED) is 0.840. The predicted molar refractivity (Wildman–Crippen MR) is 58.0 cm³/mol. The average molecular weight is 276 g/mol. The van der Waals surface area contributed by atoms with Crippen LogP contribution in [0.2, 0.25) is 0 Å². The molecular formula is C9H10BrNO2S. The lowest BCUT2D eigenvalue weighted by molar-refractivity contribution is 0.0794. The van der Waals surface area contributed by atoms with Crippen molar-refractivity contribution in [3.05, 3.63) is 20.8 Å². The average Bonchev–Trinajstić information content (AvgIpc) is 2.60. The number of thiophene rings is 1. The van der Waals surface area contributed by atoms with E-state index in [0.29, 0.717) is 13.0 Å². The van der Waals surface area contributed by atoms with Gasteiger partial charge in [-0.1, -0.05) is 0 Å². The van der Waals surface area contributed by atoms with Gasteiger partial charge < -0.3 is 9.84 Å². The first kappa shape index (κ1) is 11.7. The van der Waals surface area contributed by atoms with E-state index in [4.69, 9.17) is 15.1 Å². The second kappa shape index (κ2) is 6.14. The number of ether oxygens (including phenoxy) is 1. The first-order valence-electron chi connectivity index (χ1n) is 4.15. The van der Waals surface area contributed by atoms with E-state index >= 15 is 0 Å². The smallest absolute Gasteiger partial charge is 0.178 e. The number of nitriles is 1. The molecule has 14 heavy (non-hydrogen) atoms. The highest BCUT2D eigenvalue weighted by Gasteiger charge is 2.12. The van der Waals surface area contributed by atoms with E-state index < -0.39 is 6.10 Å². The van der Waals surface area contributed by atoms with E-state index in [1.54, 1.807) is 0 Å². The van der Waals surface area contributed by atoms with Crippen molar-refractivity contribution in [1.82, 2.24) is 0 Å². The topological polar surface area (TPSA) is 53.2 Å². The lowest BCUT2D eigenvalue weighted by atomic mass is 10.3. The van der Waals surface area contributed by atoms with E-state index in [9.17, 15) is 0 Å². The van der Waals surface area contributed by atoms with E-state index in [-0.39, 0.29) is 6.61 Å². The van der Waals surface area contributed by atoms with Crippen LogP contribution in [-0.4, -0.2) is 18.3 Å². The highest BCUT2D eigenvalue weighted by atomic mass is 79.9. The zero-order chi connectivity index (χ0) is 10.4. The summed E-state index contributed by atoms with van der Waals surface area (Å²) in [4.78, 5) is 0.886. The largest absolute Gasteiger partial charge is 0.396 e. The van der Waals surface area contributed by atoms with Gasteiger partial charge in [-0.15, -0.1) is 11.3 Å². The molecule has 1 heterocycles. The molecule has 0 radical (unpaired) electrons. The van der Waals surface area contributed by atoms with Gasteiger partial charge in [-0.25, -0.2) is 0 Å². The number of hydrogen-bond donors (Lipinski definition) is 1. The summed E-state index contributed by atoms with van der Waals surface area (Å²) in [5.74, 6) is 0. The molecule has 0 aliphatic heterocycles. The number of rotatable bonds is 5. The maximum Gasteiger partial charge on any atom is 0.178 e. The fraction of sp³-hybridized carbons (Fsp3) is 0.444. The molecule has 3 nitrogen and oxygen atoms in total. The Balaban J connectivity index is 2.51. The predicted octanol–water partition coefficient (Wildman–Crippen LogP) is 2.47. The van der Waals surface area contributed by atoms with Gasteiger partial charge in [0, 0.05) is 11.5 Å². The summed E-state index contributed by atoms with van der Waals surface area (Å²) in [6.07, 6.45) is 0.0444. The third kappa shape index (κ3) is 3.39. The van der Waals surface area contributed by atoms with Gasteiger partial charge in [0.25, 0.3) is 0 Å². The number of halogens is 1. The number of aliphatic hydroxyl groups is 1. The molecule has 1 rings (SSSR count). The molecule has 0 aliphatic carbocycles. The van der Waals surface area contributed by atoms with E-state index in [2.05, 4.69) is 22.0 Å². The lowest BCUT2D eigenvalue weighted by Crippen LogP contribution is -2.02. The summed E-state index contributed by atoms with van der Waals surface area (Å²) in [5, 5.41) is 17.4. The van der Waals surface area contributed by atoms with Crippen LogP contribution in [-0.2, 0) is 4.74 Å². The molecule has 1 N–H and O–H groups in total. The van der Waals surface area contributed by atoms with Crippen molar-refractivity contribution < 1.29 is 9.84 Å². The monoisotopic (exact) mass is 275 g/mol. The first-order valence-corrected chi connectivity index (χ1v) is 5.76. The SMILES string of the molecule is N#CC(OCCCO)c1ccc(Br)s1. The van der Waals surface area contributed by atoms with Crippen molar-refractivity contribution >= 4 is 27.3 Å². The summed E-state index contributed by atoms with van der Waals surface area (Å²) >= 11 is 4.81. The fourth-order valence-corrected chi connectivity index (χ4v) is 2.34. The van der Waals surface area contributed by atoms with Crippen molar-refractivity contribution in [2.45, 2.75) is 12.5 Å². The fourth-order valence-electron chi connectivity index (χ4n) is 0.918. The van der Waals surface area contributed by atoms with Gasteiger partial charge in [0.05, 0.1) is 10.4 Å². The first-order chi connectivity index (χ1) is 6.77. The van der Waals surface area contributed by atoms with E-state index in [0.717, 1.165) is 8.66 Å². The zero-order valence-electron chi connectivity index (χ0n) is 7.44. The number of aliphatic hydroxyl groups excluding tert-OH is 1. The molecule has 1 aromatic rings. The van der Waals surface area contributed by atoms with Crippen LogP contribution in [0.25, 0.3) is 0 Å². The Morgan fingerprint density at radius 3 is 2.93 bits per heavy atom. The Bertz CT molecular complexity index is 321. The molecule has 0 saturated heterocycles. The molecule has 1 atom stereocenters. The molecule has 5 heteroatoms. The molecule has 0 spiro atoms. The minimum Gasteiger partial charge on any atom is -0.396 e. The minimum atomic E-state index is -0.516. The highest BCUT2D eigenvalue weighted by Crippen LogP contribution is 2.28. The number of nitrogens with zero attached hydrogens (tertiary/aromatic N) is 1.